The van der Waals surface area contributed by atoms with Gasteiger partial charge in [-0.1, -0.05) is 0 Å². The molecule has 0 radical (unpaired) electrons. The van der Waals surface area contributed by atoms with Gasteiger partial charge in [-0.15, -0.1) is 12.4 Å². The van der Waals surface area contributed by atoms with Crippen molar-refractivity contribution in [1.82, 2.24) is 15.5 Å². The highest BCUT2D eigenvalue weighted by Gasteiger charge is 2.04. The lowest BCUT2D eigenvalue weighted by molar-refractivity contribution is 0.626. The van der Waals surface area contributed by atoms with Gasteiger partial charge >= 0.3 is 0 Å². The van der Waals surface area contributed by atoms with Crippen molar-refractivity contribution in [3.63, 3.8) is 0 Å². The van der Waals surface area contributed by atoms with Crippen LogP contribution in [0.2, 0.25) is 0 Å². The highest BCUT2D eigenvalue weighted by molar-refractivity contribution is 5.85. The molecule has 1 rings (SSSR count). The first kappa shape index (κ1) is 14.9. The van der Waals surface area contributed by atoms with Gasteiger partial charge in [0.2, 0.25) is 0 Å². The Labute approximate surface area is 103 Å². The summed E-state index contributed by atoms with van der Waals surface area (Å²) >= 11 is 0. The van der Waals surface area contributed by atoms with Gasteiger partial charge in [-0.05, 0) is 33.2 Å². The summed E-state index contributed by atoms with van der Waals surface area (Å²) in [6.45, 7) is 5.87. The Balaban J connectivity index is 0.00000225. The van der Waals surface area contributed by atoms with Crippen LogP contribution in [-0.2, 0) is 6.54 Å². The molecule has 0 amide bonds. The van der Waals surface area contributed by atoms with Gasteiger partial charge in [-0.2, -0.15) is 10.4 Å². The highest BCUT2D eigenvalue weighted by atomic mass is 35.5. The second kappa shape index (κ2) is 8.14. The van der Waals surface area contributed by atoms with E-state index in [0.29, 0.717) is 6.42 Å². The fourth-order valence-corrected chi connectivity index (χ4v) is 1.50. The molecular formula is C11H19ClN4. The molecule has 0 aliphatic carbocycles. The van der Waals surface area contributed by atoms with E-state index < -0.39 is 0 Å². The number of rotatable bonds is 6. The number of halogens is 1. The zero-order chi connectivity index (χ0) is 11.1. The van der Waals surface area contributed by atoms with Crippen molar-refractivity contribution in [1.29, 1.82) is 5.26 Å². The molecule has 0 saturated carbocycles. The third-order valence-corrected chi connectivity index (χ3v) is 2.47. The smallest absolute Gasteiger partial charge is 0.0638 e. The lowest BCUT2D eigenvalue weighted by atomic mass is 10.2. The van der Waals surface area contributed by atoms with Gasteiger partial charge in [0, 0.05) is 24.2 Å². The van der Waals surface area contributed by atoms with Crippen LogP contribution in [0.5, 0.6) is 0 Å². The summed E-state index contributed by atoms with van der Waals surface area (Å²) in [5.41, 5.74) is 3.46. The molecule has 0 aliphatic rings. The predicted octanol–water partition coefficient (Wildman–Crippen LogP) is 2.23. The Morgan fingerprint density at radius 3 is 2.69 bits per heavy atom. The molecule has 0 bridgehead atoms. The SMILES string of the molecule is Cc1n[nH]c(C)c1CNCCCCC#N.Cl. The fraction of sp³-hybridized carbons (Fsp3) is 0.636. The Hall–Kier alpha value is -1.05. The Kier molecular flexibility index (Phi) is 7.61. The number of hydrogen-bond acceptors (Lipinski definition) is 3. The van der Waals surface area contributed by atoms with E-state index in [1.165, 1.54) is 5.56 Å². The van der Waals surface area contributed by atoms with Gasteiger partial charge in [0.25, 0.3) is 0 Å². The molecule has 4 nitrogen and oxygen atoms in total. The molecule has 2 N–H and O–H groups in total. The second-order valence-corrected chi connectivity index (χ2v) is 3.70. The summed E-state index contributed by atoms with van der Waals surface area (Å²) in [5, 5.41) is 18.8. The van der Waals surface area contributed by atoms with Crippen molar-refractivity contribution in [3.8, 4) is 6.07 Å². The summed E-state index contributed by atoms with van der Waals surface area (Å²) in [7, 11) is 0. The van der Waals surface area contributed by atoms with Gasteiger partial charge in [-0.3, -0.25) is 5.10 Å². The van der Waals surface area contributed by atoms with E-state index in [1.807, 2.05) is 13.8 Å². The number of nitrogens with one attached hydrogen (secondary N) is 2. The number of unbranched alkanes of at least 4 members (excludes halogenated alkanes) is 2. The van der Waals surface area contributed by atoms with Crippen molar-refractivity contribution in [2.75, 3.05) is 6.54 Å². The van der Waals surface area contributed by atoms with Crippen molar-refractivity contribution in [3.05, 3.63) is 17.0 Å². The van der Waals surface area contributed by atoms with E-state index >= 15 is 0 Å². The molecule has 0 atom stereocenters. The normalized spacial score (nSPS) is 9.56. The van der Waals surface area contributed by atoms with Crippen molar-refractivity contribution in [2.45, 2.75) is 39.7 Å². The number of aromatic nitrogens is 2. The maximum atomic E-state index is 8.36. The van der Waals surface area contributed by atoms with Gasteiger partial charge < -0.3 is 5.32 Å². The molecule has 1 aromatic rings. The Bertz CT molecular complexity index is 321. The third-order valence-electron chi connectivity index (χ3n) is 2.47. The van der Waals surface area contributed by atoms with Gasteiger partial charge in [0.1, 0.15) is 0 Å². The summed E-state index contributed by atoms with van der Waals surface area (Å²) < 4.78 is 0. The number of H-pyrrole nitrogens is 1. The maximum absolute atomic E-state index is 8.36. The van der Waals surface area contributed by atoms with E-state index in [1.54, 1.807) is 0 Å². The fourth-order valence-electron chi connectivity index (χ4n) is 1.50. The van der Waals surface area contributed by atoms with Crippen LogP contribution >= 0.6 is 12.4 Å². The second-order valence-electron chi connectivity index (χ2n) is 3.70. The van der Waals surface area contributed by atoms with Crippen LogP contribution in [0.25, 0.3) is 0 Å². The third kappa shape index (κ3) is 4.65. The first-order valence-electron chi connectivity index (χ1n) is 5.34. The lowest BCUT2D eigenvalue weighted by Crippen LogP contribution is -2.15. The lowest BCUT2D eigenvalue weighted by Gasteiger charge is -2.03. The Morgan fingerprint density at radius 1 is 1.38 bits per heavy atom. The van der Waals surface area contributed by atoms with Gasteiger partial charge in [-0.25, -0.2) is 0 Å². The van der Waals surface area contributed by atoms with Crippen LogP contribution in [0.1, 0.15) is 36.2 Å². The molecule has 16 heavy (non-hydrogen) atoms. The van der Waals surface area contributed by atoms with E-state index in [-0.39, 0.29) is 12.4 Å². The minimum Gasteiger partial charge on any atom is -0.313 e. The van der Waals surface area contributed by atoms with Crippen LogP contribution < -0.4 is 5.32 Å². The largest absolute Gasteiger partial charge is 0.313 e. The zero-order valence-electron chi connectivity index (χ0n) is 9.84. The van der Waals surface area contributed by atoms with Crippen LogP contribution in [0.4, 0.5) is 0 Å². The molecule has 0 unspecified atom stereocenters. The zero-order valence-corrected chi connectivity index (χ0v) is 10.7. The molecule has 1 aromatic heterocycles. The summed E-state index contributed by atoms with van der Waals surface area (Å²) in [4.78, 5) is 0. The molecule has 0 saturated heterocycles. The van der Waals surface area contributed by atoms with E-state index in [2.05, 4.69) is 21.6 Å². The molecule has 0 aromatic carbocycles. The Morgan fingerprint density at radius 2 is 2.12 bits per heavy atom. The average Bonchev–Trinajstić information content (AvgIpc) is 2.54. The monoisotopic (exact) mass is 242 g/mol. The molecule has 5 heteroatoms. The van der Waals surface area contributed by atoms with Gasteiger partial charge in [0.15, 0.2) is 0 Å². The van der Waals surface area contributed by atoms with Gasteiger partial charge in [0.05, 0.1) is 11.8 Å². The summed E-state index contributed by atoms with van der Waals surface area (Å²) in [6.07, 6.45) is 2.70. The molecule has 90 valence electrons. The molecular weight excluding hydrogens is 224 g/mol. The first-order valence-corrected chi connectivity index (χ1v) is 5.34. The van der Waals surface area contributed by atoms with E-state index in [4.69, 9.17) is 5.26 Å². The highest BCUT2D eigenvalue weighted by Crippen LogP contribution is 2.08. The molecule has 0 spiro atoms. The summed E-state index contributed by atoms with van der Waals surface area (Å²) in [6, 6.07) is 2.15. The standard InChI is InChI=1S/C11H18N4.ClH/c1-9-11(10(2)15-14-9)8-13-7-5-3-4-6-12;/h13H,3-5,7-8H2,1-2H3,(H,14,15);1H. The molecule has 1 heterocycles. The number of aromatic amines is 1. The van der Waals surface area contributed by atoms with E-state index in [9.17, 15) is 0 Å². The van der Waals surface area contributed by atoms with Crippen LogP contribution in [0.15, 0.2) is 0 Å². The van der Waals surface area contributed by atoms with Crippen molar-refractivity contribution in [2.24, 2.45) is 0 Å². The van der Waals surface area contributed by atoms with Crippen molar-refractivity contribution >= 4 is 12.4 Å². The van der Waals surface area contributed by atoms with E-state index in [0.717, 1.165) is 37.3 Å². The first-order chi connectivity index (χ1) is 7.25. The minimum absolute atomic E-state index is 0. The number of hydrogen-bond donors (Lipinski definition) is 2. The predicted molar refractivity (Wildman–Crippen MR) is 66.5 cm³/mol. The average molecular weight is 243 g/mol. The van der Waals surface area contributed by atoms with Crippen LogP contribution in [0, 0.1) is 25.2 Å². The number of nitrogens with zero attached hydrogens (tertiary/aromatic N) is 2. The quantitative estimate of drug-likeness (QED) is 0.752. The molecule has 0 aliphatic heterocycles. The van der Waals surface area contributed by atoms with Crippen molar-refractivity contribution < 1.29 is 0 Å². The number of aryl methyl sites for hydroxylation is 2. The number of nitriles is 1. The van der Waals surface area contributed by atoms with Crippen LogP contribution in [-0.4, -0.2) is 16.7 Å². The summed E-state index contributed by atoms with van der Waals surface area (Å²) in [5.74, 6) is 0. The maximum Gasteiger partial charge on any atom is 0.0638 e. The topological polar surface area (TPSA) is 64.5 Å². The van der Waals surface area contributed by atoms with Crippen LogP contribution in [0.3, 0.4) is 0 Å². The minimum atomic E-state index is 0. The molecule has 0 fully saturated rings.